The Morgan fingerprint density at radius 2 is 1.30 bits per heavy atom. The molecule has 0 bridgehead atoms. The number of nitrogens with zero attached hydrogens (tertiary/aromatic N) is 1. The molecular weight excluding hydrogens is 536 g/mol. The maximum atomic E-state index is 13.0. The average molecular weight is 571 g/mol. The van der Waals surface area contributed by atoms with Gasteiger partial charge in [-0.15, -0.1) is 0 Å². The fourth-order valence-corrected chi connectivity index (χ4v) is 4.96. The Balaban J connectivity index is 1.19. The normalized spacial score (nSPS) is 12.0. The molecule has 1 aromatic heterocycles. The van der Waals surface area contributed by atoms with Crippen molar-refractivity contribution >= 4 is 18.1 Å². The van der Waals surface area contributed by atoms with Crippen LogP contribution in [0.4, 0.5) is 0 Å². The highest BCUT2D eigenvalue weighted by Crippen LogP contribution is 2.23. The Morgan fingerprint density at radius 1 is 0.744 bits per heavy atom. The molecule has 1 heterocycles. The number of rotatable bonds is 10. The van der Waals surface area contributed by atoms with E-state index in [9.17, 15) is 14.4 Å². The van der Waals surface area contributed by atoms with Crippen LogP contribution in [0.25, 0.3) is 12.2 Å². The lowest BCUT2D eigenvalue weighted by molar-refractivity contribution is 0.0954. The molecule has 5 aromatic rings. The van der Waals surface area contributed by atoms with Gasteiger partial charge >= 0.3 is 0 Å². The topological polar surface area (TPSA) is 96.0 Å². The standard InChI is InChI=1S/C36H34N4O3/c1-40-33(24-26-11-5-2-6-12-26)35(42)39-32(36(40)43)23-27-17-19-30(20-18-27)34(41)38-22-21-37-25-31(28-13-7-3-8-14-28)29-15-9-4-10-16-29/h2-20,23-24,31,37H,21-22,25H2,1H3,(H,38,41)(H,39,42). The summed E-state index contributed by atoms with van der Waals surface area (Å²) in [6.45, 7) is 1.86. The molecule has 0 saturated carbocycles. The number of carbonyl (C=O) groups excluding carboxylic acids is 1. The third-order valence-corrected chi connectivity index (χ3v) is 7.30. The van der Waals surface area contributed by atoms with Crippen LogP contribution in [0.3, 0.4) is 0 Å². The third kappa shape index (κ3) is 7.52. The molecule has 0 atom stereocenters. The zero-order valence-corrected chi connectivity index (χ0v) is 24.0. The smallest absolute Gasteiger partial charge is 0.274 e. The Bertz CT molecular complexity index is 1860. The molecule has 7 heteroatoms. The second-order valence-corrected chi connectivity index (χ2v) is 10.3. The first kappa shape index (κ1) is 29.2. The minimum Gasteiger partial charge on any atom is -0.351 e. The highest BCUT2D eigenvalue weighted by Gasteiger charge is 2.13. The Kier molecular flexibility index (Phi) is 9.56. The van der Waals surface area contributed by atoms with Gasteiger partial charge in [0.1, 0.15) is 10.7 Å². The number of benzene rings is 4. The molecule has 5 rings (SSSR count). The van der Waals surface area contributed by atoms with Crippen molar-refractivity contribution in [1.29, 1.82) is 0 Å². The molecule has 3 N–H and O–H groups in total. The van der Waals surface area contributed by atoms with Gasteiger partial charge in [0.15, 0.2) is 0 Å². The quantitative estimate of drug-likeness (QED) is 0.225. The van der Waals surface area contributed by atoms with E-state index < -0.39 is 0 Å². The van der Waals surface area contributed by atoms with Gasteiger partial charge in [-0.25, -0.2) is 0 Å². The number of nitrogens with one attached hydrogen (secondary N) is 3. The maximum Gasteiger partial charge on any atom is 0.274 e. The summed E-state index contributed by atoms with van der Waals surface area (Å²) in [5.74, 6) is 0.0352. The number of hydrogen-bond acceptors (Lipinski definition) is 4. The van der Waals surface area contributed by atoms with E-state index in [-0.39, 0.29) is 33.6 Å². The van der Waals surface area contributed by atoms with Crippen LogP contribution in [0.15, 0.2) is 125 Å². The Morgan fingerprint density at radius 3 is 1.91 bits per heavy atom. The Hall–Kier alpha value is -5.27. The van der Waals surface area contributed by atoms with Crippen LogP contribution in [0.5, 0.6) is 0 Å². The fraction of sp³-hybridized carbons (Fsp3) is 0.139. The summed E-state index contributed by atoms with van der Waals surface area (Å²) in [4.78, 5) is 41.1. The summed E-state index contributed by atoms with van der Waals surface area (Å²) in [6.07, 6.45) is 3.29. The van der Waals surface area contributed by atoms with Gasteiger partial charge in [-0.05, 0) is 46.5 Å². The third-order valence-electron chi connectivity index (χ3n) is 7.30. The molecule has 0 aliphatic rings. The number of aromatic amines is 1. The molecule has 216 valence electrons. The van der Waals surface area contributed by atoms with Gasteiger partial charge in [-0.1, -0.05) is 103 Å². The van der Waals surface area contributed by atoms with E-state index in [0.29, 0.717) is 24.2 Å². The largest absolute Gasteiger partial charge is 0.351 e. The minimum absolute atomic E-state index is 0.172. The molecule has 43 heavy (non-hydrogen) atoms. The summed E-state index contributed by atoms with van der Waals surface area (Å²) >= 11 is 0. The van der Waals surface area contributed by atoms with Crippen molar-refractivity contribution in [2.75, 3.05) is 19.6 Å². The lowest BCUT2D eigenvalue weighted by Gasteiger charge is -2.19. The van der Waals surface area contributed by atoms with Gasteiger partial charge in [0.05, 0.1) is 0 Å². The Labute approximate surface area is 249 Å². The van der Waals surface area contributed by atoms with Gasteiger partial charge in [-0.3, -0.25) is 14.4 Å². The first-order valence-corrected chi connectivity index (χ1v) is 14.3. The van der Waals surface area contributed by atoms with Gasteiger partial charge in [0, 0.05) is 38.2 Å². The molecule has 1 amide bonds. The molecule has 0 aliphatic heterocycles. The molecule has 0 fully saturated rings. The molecule has 7 nitrogen and oxygen atoms in total. The van der Waals surface area contributed by atoms with Crippen LogP contribution in [0.2, 0.25) is 0 Å². The van der Waals surface area contributed by atoms with E-state index in [1.54, 1.807) is 43.5 Å². The zero-order chi connectivity index (χ0) is 30.0. The van der Waals surface area contributed by atoms with Crippen molar-refractivity contribution < 1.29 is 4.79 Å². The van der Waals surface area contributed by atoms with E-state index >= 15 is 0 Å². The second kappa shape index (κ2) is 14.1. The van der Waals surface area contributed by atoms with Gasteiger partial charge in [0.25, 0.3) is 17.0 Å². The van der Waals surface area contributed by atoms with Crippen molar-refractivity contribution in [3.05, 3.63) is 174 Å². The fourth-order valence-electron chi connectivity index (χ4n) is 4.96. The van der Waals surface area contributed by atoms with Crippen molar-refractivity contribution in [2.45, 2.75) is 5.92 Å². The van der Waals surface area contributed by atoms with Crippen LogP contribution in [0, 0.1) is 0 Å². The maximum absolute atomic E-state index is 13.0. The zero-order valence-electron chi connectivity index (χ0n) is 24.0. The summed E-state index contributed by atoms with van der Waals surface area (Å²) in [7, 11) is 1.58. The predicted octanol–water partition coefficient (Wildman–Crippen LogP) is 2.88. The number of carbonyl (C=O) groups is 1. The second-order valence-electron chi connectivity index (χ2n) is 10.3. The minimum atomic E-state index is -0.360. The number of H-pyrrole nitrogens is 1. The molecule has 0 saturated heterocycles. The summed E-state index contributed by atoms with van der Waals surface area (Å²) in [5, 5.41) is 6.87. The first-order chi connectivity index (χ1) is 21.0. The van der Waals surface area contributed by atoms with Crippen LogP contribution in [-0.4, -0.2) is 35.1 Å². The number of hydrogen-bond donors (Lipinski definition) is 3. The van der Waals surface area contributed by atoms with Crippen LogP contribution >= 0.6 is 0 Å². The molecule has 0 unspecified atom stereocenters. The van der Waals surface area contributed by atoms with Crippen LogP contribution in [-0.2, 0) is 7.05 Å². The van der Waals surface area contributed by atoms with E-state index in [0.717, 1.165) is 12.1 Å². The summed E-state index contributed by atoms with van der Waals surface area (Å²) in [5.41, 5.74) is 3.83. The van der Waals surface area contributed by atoms with Gasteiger partial charge in [0.2, 0.25) is 0 Å². The molecule has 0 aliphatic carbocycles. The van der Waals surface area contributed by atoms with Crippen molar-refractivity contribution in [3.63, 3.8) is 0 Å². The molecular formula is C36H34N4O3. The highest BCUT2D eigenvalue weighted by molar-refractivity contribution is 5.94. The molecule has 0 spiro atoms. The number of amides is 1. The highest BCUT2D eigenvalue weighted by atomic mass is 16.2. The van der Waals surface area contributed by atoms with E-state index in [1.807, 2.05) is 42.5 Å². The number of aromatic nitrogens is 2. The predicted molar refractivity (Wildman–Crippen MR) is 172 cm³/mol. The van der Waals surface area contributed by atoms with E-state index in [4.69, 9.17) is 0 Å². The summed E-state index contributed by atoms with van der Waals surface area (Å²) < 4.78 is 1.34. The van der Waals surface area contributed by atoms with Gasteiger partial charge in [-0.2, -0.15) is 0 Å². The average Bonchev–Trinajstić information content (AvgIpc) is 3.05. The lowest BCUT2D eigenvalue weighted by Crippen LogP contribution is -2.52. The SMILES string of the molecule is Cn1c(=O)c(=Cc2ccc(C(=O)NCCNCC(c3ccccc3)c3ccccc3)cc2)[nH]c(=O)c1=Cc1ccccc1. The van der Waals surface area contributed by atoms with Crippen LogP contribution < -0.4 is 32.5 Å². The summed E-state index contributed by atoms with van der Waals surface area (Å²) in [6, 6.07) is 37.1. The van der Waals surface area contributed by atoms with Gasteiger partial charge < -0.3 is 20.2 Å². The lowest BCUT2D eigenvalue weighted by atomic mass is 9.91. The van der Waals surface area contributed by atoms with Crippen molar-refractivity contribution in [2.24, 2.45) is 7.05 Å². The monoisotopic (exact) mass is 570 g/mol. The van der Waals surface area contributed by atoms with Crippen molar-refractivity contribution in [3.8, 4) is 0 Å². The molecule has 4 aromatic carbocycles. The first-order valence-electron chi connectivity index (χ1n) is 14.3. The van der Waals surface area contributed by atoms with E-state index in [2.05, 4.69) is 64.1 Å². The van der Waals surface area contributed by atoms with Crippen molar-refractivity contribution in [1.82, 2.24) is 20.2 Å². The molecule has 0 radical (unpaired) electrons. The van der Waals surface area contributed by atoms with E-state index in [1.165, 1.54) is 15.7 Å². The van der Waals surface area contributed by atoms with Crippen LogP contribution in [0.1, 0.15) is 38.5 Å².